The number of carbonyl (C=O) groups is 1. The van der Waals surface area contributed by atoms with Crippen molar-refractivity contribution < 1.29 is 9.53 Å². The molecule has 1 aliphatic carbocycles. The molecule has 0 radical (unpaired) electrons. The average Bonchev–Trinajstić information content (AvgIpc) is 2.55. The molecule has 0 aliphatic heterocycles. The molecule has 1 N–H and O–H groups in total. The predicted octanol–water partition coefficient (Wildman–Crippen LogP) is 5.85. The lowest BCUT2D eigenvalue weighted by Crippen LogP contribution is -2.36. The Morgan fingerprint density at radius 1 is 1.12 bits per heavy atom. The van der Waals surface area contributed by atoms with E-state index in [0.717, 1.165) is 29.3 Å². The van der Waals surface area contributed by atoms with E-state index in [2.05, 4.69) is 26.1 Å². The minimum Gasteiger partial charge on any atom is -0.446 e. The largest absolute Gasteiger partial charge is 0.446 e. The summed E-state index contributed by atoms with van der Waals surface area (Å²) < 4.78 is 5.84. The standard InChI is InChI=1S/C21H27NO2/c1-14(2)17-12-11-15(3)13-20(17)24-21(23)22-19-10-6-8-16-7-4-5-9-18(16)19/h4-10,14-15,17,20H,11-13H2,1-3H3,(H,22,23)/t15-,17-,20+/m1/s1. The first-order valence-corrected chi connectivity index (χ1v) is 9.00. The fraction of sp³-hybridized carbons (Fsp3) is 0.476. The first kappa shape index (κ1) is 16.8. The number of amides is 1. The lowest BCUT2D eigenvalue weighted by molar-refractivity contribution is 0.0126. The van der Waals surface area contributed by atoms with Crippen molar-refractivity contribution in [3.05, 3.63) is 42.5 Å². The van der Waals surface area contributed by atoms with Crippen LogP contribution in [0, 0.1) is 17.8 Å². The quantitative estimate of drug-likeness (QED) is 0.768. The van der Waals surface area contributed by atoms with Gasteiger partial charge in [0.2, 0.25) is 0 Å². The van der Waals surface area contributed by atoms with Gasteiger partial charge in [-0.1, -0.05) is 63.6 Å². The lowest BCUT2D eigenvalue weighted by Gasteiger charge is -2.36. The highest BCUT2D eigenvalue weighted by Crippen LogP contribution is 2.35. The van der Waals surface area contributed by atoms with Crippen molar-refractivity contribution in [3.8, 4) is 0 Å². The third kappa shape index (κ3) is 3.72. The fourth-order valence-electron chi connectivity index (χ4n) is 3.86. The molecular weight excluding hydrogens is 298 g/mol. The smallest absolute Gasteiger partial charge is 0.411 e. The first-order valence-electron chi connectivity index (χ1n) is 9.00. The summed E-state index contributed by atoms with van der Waals surface area (Å²) >= 11 is 0. The van der Waals surface area contributed by atoms with Gasteiger partial charge < -0.3 is 4.74 Å². The number of rotatable bonds is 3. The van der Waals surface area contributed by atoms with Gasteiger partial charge in [0, 0.05) is 5.39 Å². The first-order chi connectivity index (χ1) is 11.5. The van der Waals surface area contributed by atoms with Crippen molar-refractivity contribution in [3.63, 3.8) is 0 Å². The number of hydrogen-bond donors (Lipinski definition) is 1. The summed E-state index contributed by atoms with van der Waals surface area (Å²) in [6.45, 7) is 6.69. The van der Waals surface area contributed by atoms with Gasteiger partial charge in [-0.05, 0) is 42.0 Å². The molecule has 0 heterocycles. The molecule has 3 atom stereocenters. The monoisotopic (exact) mass is 325 g/mol. The van der Waals surface area contributed by atoms with Gasteiger partial charge in [0.05, 0.1) is 5.69 Å². The molecule has 128 valence electrons. The van der Waals surface area contributed by atoms with Gasteiger partial charge in [-0.3, -0.25) is 5.32 Å². The zero-order valence-corrected chi connectivity index (χ0v) is 14.8. The Labute approximate surface area is 144 Å². The molecule has 1 saturated carbocycles. The van der Waals surface area contributed by atoms with Crippen LogP contribution in [-0.4, -0.2) is 12.2 Å². The summed E-state index contributed by atoms with van der Waals surface area (Å²) in [4.78, 5) is 12.5. The van der Waals surface area contributed by atoms with Crippen molar-refractivity contribution >= 4 is 22.6 Å². The number of ether oxygens (including phenoxy) is 1. The van der Waals surface area contributed by atoms with Crippen LogP contribution in [0.15, 0.2) is 42.5 Å². The minimum atomic E-state index is -0.337. The van der Waals surface area contributed by atoms with Gasteiger partial charge in [-0.15, -0.1) is 0 Å². The Bertz CT molecular complexity index is 705. The van der Waals surface area contributed by atoms with E-state index < -0.39 is 0 Å². The van der Waals surface area contributed by atoms with Crippen molar-refractivity contribution in [2.24, 2.45) is 17.8 Å². The van der Waals surface area contributed by atoms with E-state index in [9.17, 15) is 4.79 Å². The van der Waals surface area contributed by atoms with Gasteiger partial charge in [-0.2, -0.15) is 0 Å². The lowest BCUT2D eigenvalue weighted by atomic mass is 9.75. The van der Waals surface area contributed by atoms with Crippen LogP contribution in [0.1, 0.15) is 40.0 Å². The van der Waals surface area contributed by atoms with Gasteiger partial charge in [-0.25, -0.2) is 4.79 Å². The third-order valence-electron chi connectivity index (χ3n) is 5.25. The van der Waals surface area contributed by atoms with Crippen LogP contribution >= 0.6 is 0 Å². The molecule has 0 spiro atoms. The summed E-state index contributed by atoms with van der Waals surface area (Å²) in [5.41, 5.74) is 0.808. The summed E-state index contributed by atoms with van der Waals surface area (Å²) in [5, 5.41) is 5.09. The Morgan fingerprint density at radius 2 is 1.88 bits per heavy atom. The molecule has 1 aliphatic rings. The second-order valence-corrected chi connectivity index (χ2v) is 7.42. The van der Waals surface area contributed by atoms with Crippen LogP contribution in [-0.2, 0) is 4.74 Å². The Balaban J connectivity index is 1.72. The Morgan fingerprint density at radius 3 is 2.67 bits per heavy atom. The summed E-state index contributed by atoms with van der Waals surface area (Å²) in [6, 6.07) is 14.0. The molecule has 1 fully saturated rings. The van der Waals surface area contributed by atoms with Crippen LogP contribution in [0.25, 0.3) is 10.8 Å². The molecular formula is C21H27NO2. The maximum absolute atomic E-state index is 12.5. The fourth-order valence-corrected chi connectivity index (χ4v) is 3.86. The summed E-state index contributed by atoms with van der Waals surface area (Å²) in [5.74, 6) is 1.61. The normalized spacial score (nSPS) is 24.1. The SMILES string of the molecule is CC(C)[C@H]1CC[C@@H](C)C[C@@H]1OC(=O)Nc1cccc2ccccc12. The van der Waals surface area contributed by atoms with Crippen LogP contribution in [0.2, 0.25) is 0 Å². The second kappa shape index (κ2) is 7.25. The molecule has 24 heavy (non-hydrogen) atoms. The molecule has 3 rings (SSSR count). The summed E-state index contributed by atoms with van der Waals surface area (Å²) in [6.07, 6.45) is 3.02. The molecule has 0 aromatic heterocycles. The second-order valence-electron chi connectivity index (χ2n) is 7.42. The number of fused-ring (bicyclic) bond motifs is 1. The summed E-state index contributed by atoms with van der Waals surface area (Å²) in [7, 11) is 0. The van der Waals surface area contributed by atoms with Crippen LogP contribution < -0.4 is 5.32 Å². The highest BCUT2D eigenvalue weighted by Gasteiger charge is 2.33. The van der Waals surface area contributed by atoms with Crippen molar-refractivity contribution in [2.75, 3.05) is 5.32 Å². The molecule has 3 nitrogen and oxygen atoms in total. The van der Waals surface area contributed by atoms with Crippen LogP contribution in [0.3, 0.4) is 0 Å². The van der Waals surface area contributed by atoms with E-state index in [1.807, 2.05) is 42.5 Å². The van der Waals surface area contributed by atoms with Crippen LogP contribution in [0.4, 0.5) is 10.5 Å². The Hall–Kier alpha value is -2.03. The molecule has 1 amide bonds. The number of nitrogens with one attached hydrogen (secondary N) is 1. The molecule has 0 unspecified atom stereocenters. The highest BCUT2D eigenvalue weighted by atomic mass is 16.6. The molecule has 0 bridgehead atoms. The van der Waals surface area contributed by atoms with Gasteiger partial charge >= 0.3 is 6.09 Å². The van der Waals surface area contributed by atoms with Gasteiger partial charge in [0.15, 0.2) is 0 Å². The van der Waals surface area contributed by atoms with E-state index in [0.29, 0.717) is 17.8 Å². The highest BCUT2D eigenvalue weighted by molar-refractivity contribution is 6.00. The van der Waals surface area contributed by atoms with E-state index in [4.69, 9.17) is 4.74 Å². The topological polar surface area (TPSA) is 38.3 Å². The van der Waals surface area contributed by atoms with Gasteiger partial charge in [0.1, 0.15) is 6.10 Å². The average molecular weight is 325 g/mol. The van der Waals surface area contributed by atoms with Crippen molar-refractivity contribution in [1.82, 2.24) is 0 Å². The van der Waals surface area contributed by atoms with Gasteiger partial charge in [0.25, 0.3) is 0 Å². The van der Waals surface area contributed by atoms with Crippen LogP contribution in [0.5, 0.6) is 0 Å². The molecule has 2 aromatic rings. The maximum atomic E-state index is 12.5. The van der Waals surface area contributed by atoms with E-state index in [-0.39, 0.29) is 12.2 Å². The van der Waals surface area contributed by atoms with Crippen molar-refractivity contribution in [2.45, 2.75) is 46.1 Å². The maximum Gasteiger partial charge on any atom is 0.411 e. The predicted molar refractivity (Wildman–Crippen MR) is 99.2 cm³/mol. The Kier molecular flexibility index (Phi) is 5.08. The van der Waals surface area contributed by atoms with E-state index in [1.165, 1.54) is 6.42 Å². The van der Waals surface area contributed by atoms with E-state index in [1.54, 1.807) is 0 Å². The van der Waals surface area contributed by atoms with E-state index >= 15 is 0 Å². The molecule has 0 saturated heterocycles. The zero-order valence-electron chi connectivity index (χ0n) is 14.8. The van der Waals surface area contributed by atoms with Crippen molar-refractivity contribution in [1.29, 1.82) is 0 Å². The molecule has 3 heteroatoms. The number of carbonyl (C=O) groups excluding carboxylic acids is 1. The number of anilines is 1. The molecule has 2 aromatic carbocycles. The number of hydrogen-bond acceptors (Lipinski definition) is 2. The zero-order chi connectivity index (χ0) is 17.1. The third-order valence-corrected chi connectivity index (χ3v) is 5.25. The minimum absolute atomic E-state index is 0.0173. The number of benzene rings is 2.